The number of rotatable bonds is 3. The van der Waals surface area contributed by atoms with Gasteiger partial charge in [0.1, 0.15) is 0 Å². The minimum Gasteiger partial charge on any atom is -0.308 e. The van der Waals surface area contributed by atoms with Crippen LogP contribution in [0.3, 0.4) is 0 Å². The Morgan fingerprint density at radius 3 is 1.48 bits per heavy atom. The number of nitrogens with zero attached hydrogens (tertiary/aromatic N) is 1. The van der Waals surface area contributed by atoms with Crippen LogP contribution in [0.1, 0.15) is 5.56 Å². The lowest BCUT2D eigenvalue weighted by atomic mass is 9.86. The second-order valence-corrected chi connectivity index (χ2v) is 12.9. The molecule has 0 bridgehead atoms. The van der Waals surface area contributed by atoms with Crippen LogP contribution in [0.2, 0.25) is 0 Å². The predicted molar refractivity (Wildman–Crippen MR) is 206 cm³/mol. The van der Waals surface area contributed by atoms with Gasteiger partial charge in [0.25, 0.3) is 0 Å². The third kappa shape index (κ3) is 3.85. The summed E-state index contributed by atoms with van der Waals surface area (Å²) in [5.74, 6) is 0. The number of benzene rings is 9. The summed E-state index contributed by atoms with van der Waals surface area (Å²) in [7, 11) is 0. The lowest BCUT2D eigenvalue weighted by molar-refractivity contribution is 1.19. The standard InChI is InChI=1S/C47H31N/c1-30-12-11-16-33-25-29-42-41-28-24-31-13-5-6-17-36(31)46(41)48(47(42)43(30)33)35-26-22-34(23-27-35)45-39-20-9-7-18-37(39)44(32-14-3-2-4-15-32)38-19-8-10-21-40(38)45/h2-29H,1H3. The van der Waals surface area contributed by atoms with Crippen molar-refractivity contribution in [1.82, 2.24) is 4.57 Å². The third-order valence-electron chi connectivity index (χ3n) is 10.3. The minimum absolute atomic E-state index is 1.17. The Morgan fingerprint density at radius 1 is 0.333 bits per heavy atom. The average Bonchev–Trinajstić information content (AvgIpc) is 3.49. The molecule has 0 radical (unpaired) electrons. The predicted octanol–water partition coefficient (Wildman–Crippen LogP) is 13.0. The Kier molecular flexibility index (Phi) is 5.86. The fourth-order valence-electron chi connectivity index (χ4n) is 8.20. The maximum absolute atomic E-state index is 2.51. The fourth-order valence-corrected chi connectivity index (χ4v) is 8.20. The van der Waals surface area contributed by atoms with Crippen molar-refractivity contribution >= 4 is 64.9 Å². The molecule has 0 saturated carbocycles. The SMILES string of the molecule is Cc1cccc2ccc3c4ccc5ccccc5c4n(-c4ccc(-c5c6ccccc6c(-c6ccccc6)c6ccccc56)cc4)c3c12. The lowest BCUT2D eigenvalue weighted by Gasteiger charge is -2.18. The Bertz CT molecular complexity index is 2820. The fraction of sp³-hybridized carbons (Fsp3) is 0.0213. The van der Waals surface area contributed by atoms with Gasteiger partial charge in [-0.3, -0.25) is 0 Å². The normalized spacial score (nSPS) is 11.9. The molecule has 10 rings (SSSR count). The molecular weight excluding hydrogens is 579 g/mol. The van der Waals surface area contributed by atoms with E-state index in [2.05, 4.69) is 181 Å². The molecule has 0 aliphatic carbocycles. The summed E-state index contributed by atoms with van der Waals surface area (Å²) in [4.78, 5) is 0. The van der Waals surface area contributed by atoms with E-state index < -0.39 is 0 Å². The quantitative estimate of drug-likeness (QED) is 0.176. The molecule has 9 aromatic carbocycles. The van der Waals surface area contributed by atoms with Crippen LogP contribution in [0.5, 0.6) is 0 Å². The Labute approximate surface area is 278 Å². The van der Waals surface area contributed by atoms with E-state index >= 15 is 0 Å². The zero-order chi connectivity index (χ0) is 31.8. The molecule has 0 N–H and O–H groups in total. The van der Waals surface area contributed by atoms with Crippen LogP contribution in [0.15, 0.2) is 170 Å². The van der Waals surface area contributed by atoms with Crippen LogP contribution in [0.4, 0.5) is 0 Å². The van der Waals surface area contributed by atoms with Gasteiger partial charge in [-0.15, -0.1) is 0 Å². The molecule has 224 valence electrons. The van der Waals surface area contributed by atoms with Gasteiger partial charge in [-0.05, 0) is 79.2 Å². The van der Waals surface area contributed by atoms with E-state index in [0.29, 0.717) is 0 Å². The zero-order valence-corrected chi connectivity index (χ0v) is 26.6. The van der Waals surface area contributed by atoms with Crippen LogP contribution in [-0.2, 0) is 0 Å². The molecule has 0 fully saturated rings. The molecule has 0 spiro atoms. The first-order chi connectivity index (χ1) is 23.8. The molecule has 1 heterocycles. The number of hydrogen-bond donors (Lipinski definition) is 0. The van der Waals surface area contributed by atoms with E-state index in [4.69, 9.17) is 0 Å². The first-order valence-corrected chi connectivity index (χ1v) is 16.7. The summed E-state index contributed by atoms with van der Waals surface area (Å²) < 4.78 is 2.51. The largest absolute Gasteiger partial charge is 0.308 e. The highest BCUT2D eigenvalue weighted by molar-refractivity contribution is 6.25. The van der Waals surface area contributed by atoms with Crippen molar-refractivity contribution in [2.45, 2.75) is 6.92 Å². The second kappa shape index (κ2) is 10.4. The van der Waals surface area contributed by atoms with E-state index in [-0.39, 0.29) is 0 Å². The number of fused-ring (bicyclic) bond motifs is 9. The smallest absolute Gasteiger partial charge is 0.0622 e. The Balaban J connectivity index is 1.27. The van der Waals surface area contributed by atoms with E-state index in [1.54, 1.807) is 0 Å². The zero-order valence-electron chi connectivity index (χ0n) is 26.6. The molecule has 0 unspecified atom stereocenters. The van der Waals surface area contributed by atoms with Crippen molar-refractivity contribution in [2.75, 3.05) is 0 Å². The van der Waals surface area contributed by atoms with E-state index in [1.807, 2.05) is 0 Å². The molecule has 0 aliphatic rings. The molecule has 1 nitrogen and oxygen atoms in total. The van der Waals surface area contributed by atoms with Gasteiger partial charge in [-0.2, -0.15) is 0 Å². The first kappa shape index (κ1) is 27.0. The summed E-state index contributed by atoms with van der Waals surface area (Å²) in [6, 6.07) is 62.5. The molecule has 48 heavy (non-hydrogen) atoms. The van der Waals surface area contributed by atoms with Gasteiger partial charge in [0.05, 0.1) is 11.0 Å². The van der Waals surface area contributed by atoms with E-state index in [1.165, 1.54) is 98.4 Å². The highest BCUT2D eigenvalue weighted by atomic mass is 15.0. The molecule has 0 aliphatic heterocycles. The monoisotopic (exact) mass is 609 g/mol. The molecule has 0 saturated heterocycles. The third-order valence-corrected chi connectivity index (χ3v) is 10.3. The van der Waals surface area contributed by atoms with Gasteiger partial charge in [0.15, 0.2) is 0 Å². The van der Waals surface area contributed by atoms with Gasteiger partial charge >= 0.3 is 0 Å². The molecule has 10 aromatic rings. The summed E-state index contributed by atoms with van der Waals surface area (Å²) in [6.45, 7) is 2.24. The van der Waals surface area contributed by atoms with Crippen molar-refractivity contribution in [2.24, 2.45) is 0 Å². The molecular formula is C47H31N. The summed E-state index contributed by atoms with van der Waals surface area (Å²) in [5.41, 5.74) is 10.0. The minimum atomic E-state index is 1.17. The molecule has 0 atom stereocenters. The summed E-state index contributed by atoms with van der Waals surface area (Å²) in [5, 5.41) is 12.8. The average molecular weight is 610 g/mol. The van der Waals surface area contributed by atoms with Crippen LogP contribution in [0, 0.1) is 6.92 Å². The number of hydrogen-bond acceptors (Lipinski definition) is 0. The summed E-state index contributed by atoms with van der Waals surface area (Å²) >= 11 is 0. The second-order valence-electron chi connectivity index (χ2n) is 12.9. The number of aryl methyl sites for hydroxylation is 1. The van der Waals surface area contributed by atoms with Crippen molar-refractivity contribution in [3.8, 4) is 27.9 Å². The van der Waals surface area contributed by atoms with E-state index in [9.17, 15) is 0 Å². The van der Waals surface area contributed by atoms with Crippen molar-refractivity contribution in [1.29, 1.82) is 0 Å². The van der Waals surface area contributed by atoms with Crippen molar-refractivity contribution in [3.63, 3.8) is 0 Å². The van der Waals surface area contributed by atoms with Crippen LogP contribution in [-0.4, -0.2) is 4.57 Å². The van der Waals surface area contributed by atoms with Gasteiger partial charge in [0, 0.05) is 27.2 Å². The molecule has 1 aromatic heterocycles. The van der Waals surface area contributed by atoms with Crippen molar-refractivity contribution < 1.29 is 0 Å². The number of aromatic nitrogens is 1. The first-order valence-electron chi connectivity index (χ1n) is 16.7. The Hall–Kier alpha value is -6.18. The molecule has 1 heteroatoms. The van der Waals surface area contributed by atoms with Gasteiger partial charge in [-0.1, -0.05) is 158 Å². The van der Waals surface area contributed by atoms with Crippen LogP contribution >= 0.6 is 0 Å². The Morgan fingerprint density at radius 2 is 0.833 bits per heavy atom. The van der Waals surface area contributed by atoms with Gasteiger partial charge < -0.3 is 4.57 Å². The lowest BCUT2D eigenvalue weighted by Crippen LogP contribution is -1.96. The summed E-state index contributed by atoms with van der Waals surface area (Å²) in [6.07, 6.45) is 0. The highest BCUT2D eigenvalue weighted by Gasteiger charge is 2.20. The van der Waals surface area contributed by atoms with Crippen LogP contribution in [0.25, 0.3) is 92.8 Å². The van der Waals surface area contributed by atoms with Gasteiger partial charge in [0.2, 0.25) is 0 Å². The van der Waals surface area contributed by atoms with Crippen LogP contribution < -0.4 is 0 Å². The van der Waals surface area contributed by atoms with E-state index in [0.717, 1.165) is 0 Å². The topological polar surface area (TPSA) is 4.93 Å². The van der Waals surface area contributed by atoms with Crippen molar-refractivity contribution in [3.05, 3.63) is 175 Å². The maximum atomic E-state index is 2.51. The van der Waals surface area contributed by atoms with Gasteiger partial charge in [-0.25, -0.2) is 0 Å². The highest BCUT2D eigenvalue weighted by Crippen LogP contribution is 2.45. The molecule has 0 amide bonds. The maximum Gasteiger partial charge on any atom is 0.0622 e.